The molecule has 0 aliphatic heterocycles. The van der Waals surface area contributed by atoms with E-state index in [1.807, 2.05) is 29.2 Å². The molecule has 3 nitrogen and oxygen atoms in total. The molecular formula is C13H18ClNO2. The molecule has 0 amide bonds. The topological polar surface area (TPSA) is 40.5 Å². The number of carboxylic acids is 1. The highest BCUT2D eigenvalue weighted by Gasteiger charge is 2.11. The number of halogens is 1. The minimum atomic E-state index is -0.798. The third-order valence-corrected chi connectivity index (χ3v) is 2.91. The van der Waals surface area contributed by atoms with Crippen LogP contribution in [0.5, 0.6) is 0 Å². The number of aliphatic carboxylic acids is 1. The molecule has 0 unspecified atom stereocenters. The molecule has 1 aromatic rings. The first kappa shape index (κ1) is 14.0. The first-order valence-electron chi connectivity index (χ1n) is 5.81. The second-order valence-electron chi connectivity index (χ2n) is 4.05. The molecule has 94 valence electrons. The van der Waals surface area contributed by atoms with Crippen molar-refractivity contribution in [1.29, 1.82) is 0 Å². The third-order valence-electron chi connectivity index (χ3n) is 2.54. The van der Waals surface area contributed by atoms with Crippen LogP contribution in [0.3, 0.4) is 0 Å². The molecule has 0 atom stereocenters. The van der Waals surface area contributed by atoms with Gasteiger partial charge in [0.2, 0.25) is 0 Å². The fraction of sp³-hybridized carbons (Fsp3) is 0.462. The Morgan fingerprint density at radius 2 is 2.12 bits per heavy atom. The summed E-state index contributed by atoms with van der Waals surface area (Å²) in [4.78, 5) is 12.7. The van der Waals surface area contributed by atoms with Crippen molar-refractivity contribution >= 4 is 17.6 Å². The molecule has 17 heavy (non-hydrogen) atoms. The Labute approximate surface area is 107 Å². The van der Waals surface area contributed by atoms with Gasteiger partial charge in [-0.3, -0.25) is 9.69 Å². The minimum Gasteiger partial charge on any atom is -0.480 e. The van der Waals surface area contributed by atoms with Gasteiger partial charge in [-0.2, -0.15) is 0 Å². The van der Waals surface area contributed by atoms with Gasteiger partial charge in [0.05, 0.1) is 6.54 Å². The van der Waals surface area contributed by atoms with E-state index >= 15 is 0 Å². The zero-order valence-electron chi connectivity index (χ0n) is 10.0. The lowest BCUT2D eigenvalue weighted by atomic mass is 10.2. The lowest BCUT2D eigenvalue weighted by Gasteiger charge is -2.20. The van der Waals surface area contributed by atoms with E-state index in [1.54, 1.807) is 0 Å². The average Bonchev–Trinajstić information content (AvgIpc) is 2.28. The summed E-state index contributed by atoms with van der Waals surface area (Å²) in [6.45, 7) is 3.53. The number of carboxylic acid groups (broad SMARTS) is 1. The van der Waals surface area contributed by atoms with Crippen LogP contribution < -0.4 is 0 Å². The Kier molecular flexibility index (Phi) is 6.01. The molecule has 4 heteroatoms. The van der Waals surface area contributed by atoms with Crippen LogP contribution in [-0.4, -0.2) is 29.1 Å². The smallest absolute Gasteiger partial charge is 0.317 e. The fourth-order valence-electron chi connectivity index (χ4n) is 1.65. The molecule has 1 rings (SSSR count). The Hall–Kier alpha value is -1.06. The zero-order valence-corrected chi connectivity index (χ0v) is 10.8. The van der Waals surface area contributed by atoms with Crippen LogP contribution in [0.4, 0.5) is 0 Å². The standard InChI is InChI=1S/C13H18ClNO2/c1-2-3-8-15(10-13(16)17)9-11-6-4-5-7-12(11)14/h4-7H,2-3,8-10H2,1H3,(H,16,17). The Morgan fingerprint density at radius 1 is 1.41 bits per heavy atom. The summed E-state index contributed by atoms with van der Waals surface area (Å²) in [5, 5.41) is 9.55. The van der Waals surface area contributed by atoms with Gasteiger partial charge in [0.25, 0.3) is 0 Å². The monoisotopic (exact) mass is 255 g/mol. The molecule has 0 fully saturated rings. The summed E-state index contributed by atoms with van der Waals surface area (Å²) in [6, 6.07) is 7.55. The molecule has 0 saturated carbocycles. The lowest BCUT2D eigenvalue weighted by Crippen LogP contribution is -2.30. The van der Waals surface area contributed by atoms with Crippen molar-refractivity contribution in [2.24, 2.45) is 0 Å². The molecule has 0 bridgehead atoms. The van der Waals surface area contributed by atoms with Gasteiger partial charge >= 0.3 is 5.97 Å². The largest absolute Gasteiger partial charge is 0.480 e. The predicted molar refractivity (Wildman–Crippen MR) is 69.3 cm³/mol. The van der Waals surface area contributed by atoms with E-state index in [9.17, 15) is 4.79 Å². The number of benzene rings is 1. The number of carbonyl (C=O) groups is 1. The van der Waals surface area contributed by atoms with Crippen LogP contribution in [0.15, 0.2) is 24.3 Å². The van der Waals surface area contributed by atoms with E-state index in [-0.39, 0.29) is 6.54 Å². The first-order valence-corrected chi connectivity index (χ1v) is 6.18. The summed E-state index contributed by atoms with van der Waals surface area (Å²) in [5.41, 5.74) is 0.978. The summed E-state index contributed by atoms with van der Waals surface area (Å²) in [7, 11) is 0. The van der Waals surface area contributed by atoms with Crippen LogP contribution in [-0.2, 0) is 11.3 Å². The molecule has 0 aromatic heterocycles. The van der Waals surface area contributed by atoms with Gasteiger partial charge in [0.15, 0.2) is 0 Å². The maximum absolute atomic E-state index is 10.8. The van der Waals surface area contributed by atoms with Gasteiger partial charge in [0.1, 0.15) is 0 Å². The maximum atomic E-state index is 10.8. The highest BCUT2D eigenvalue weighted by molar-refractivity contribution is 6.31. The highest BCUT2D eigenvalue weighted by atomic mass is 35.5. The van der Waals surface area contributed by atoms with Crippen LogP contribution >= 0.6 is 11.6 Å². The van der Waals surface area contributed by atoms with Crippen LogP contribution in [0.2, 0.25) is 5.02 Å². The minimum absolute atomic E-state index is 0.0607. The lowest BCUT2D eigenvalue weighted by molar-refractivity contribution is -0.138. The van der Waals surface area contributed by atoms with Crippen molar-refractivity contribution < 1.29 is 9.90 Å². The number of nitrogens with zero attached hydrogens (tertiary/aromatic N) is 1. The van der Waals surface area contributed by atoms with Crippen molar-refractivity contribution in [2.45, 2.75) is 26.3 Å². The van der Waals surface area contributed by atoms with Crippen molar-refractivity contribution in [3.8, 4) is 0 Å². The van der Waals surface area contributed by atoms with Crippen LogP contribution in [0.25, 0.3) is 0 Å². The van der Waals surface area contributed by atoms with Crippen molar-refractivity contribution in [2.75, 3.05) is 13.1 Å². The molecule has 0 spiro atoms. The summed E-state index contributed by atoms with van der Waals surface area (Å²) >= 11 is 6.06. The average molecular weight is 256 g/mol. The third kappa shape index (κ3) is 5.20. The number of hydrogen-bond acceptors (Lipinski definition) is 2. The van der Waals surface area contributed by atoms with Crippen molar-refractivity contribution in [3.05, 3.63) is 34.9 Å². The van der Waals surface area contributed by atoms with E-state index in [4.69, 9.17) is 16.7 Å². The molecule has 1 N–H and O–H groups in total. The van der Waals surface area contributed by atoms with E-state index < -0.39 is 5.97 Å². The van der Waals surface area contributed by atoms with Gasteiger partial charge < -0.3 is 5.11 Å². The molecule has 0 aliphatic carbocycles. The van der Waals surface area contributed by atoms with Crippen LogP contribution in [0, 0.1) is 0 Å². The number of unbranched alkanes of at least 4 members (excludes halogenated alkanes) is 1. The fourth-order valence-corrected chi connectivity index (χ4v) is 1.85. The Morgan fingerprint density at radius 3 is 2.71 bits per heavy atom. The van der Waals surface area contributed by atoms with Gasteiger partial charge in [-0.1, -0.05) is 43.1 Å². The molecule has 0 heterocycles. The maximum Gasteiger partial charge on any atom is 0.317 e. The first-order chi connectivity index (χ1) is 8.13. The summed E-state index contributed by atoms with van der Waals surface area (Å²) < 4.78 is 0. The predicted octanol–water partition coefficient (Wildman–Crippen LogP) is 3.03. The second-order valence-corrected chi connectivity index (χ2v) is 4.46. The Bertz CT molecular complexity index is 368. The van der Waals surface area contributed by atoms with Gasteiger partial charge in [-0.05, 0) is 24.6 Å². The number of rotatable bonds is 7. The molecule has 0 saturated heterocycles. The SMILES string of the molecule is CCCCN(CC(=O)O)Cc1ccccc1Cl. The van der Waals surface area contributed by atoms with E-state index in [0.717, 1.165) is 24.9 Å². The second kappa shape index (κ2) is 7.30. The number of hydrogen-bond donors (Lipinski definition) is 1. The summed E-state index contributed by atoms with van der Waals surface area (Å²) in [5.74, 6) is -0.798. The van der Waals surface area contributed by atoms with E-state index in [1.165, 1.54) is 0 Å². The molecule has 0 radical (unpaired) electrons. The van der Waals surface area contributed by atoms with Gasteiger partial charge in [-0.25, -0.2) is 0 Å². The van der Waals surface area contributed by atoms with E-state index in [2.05, 4.69) is 6.92 Å². The van der Waals surface area contributed by atoms with Crippen LogP contribution in [0.1, 0.15) is 25.3 Å². The highest BCUT2D eigenvalue weighted by Crippen LogP contribution is 2.17. The zero-order chi connectivity index (χ0) is 12.7. The molecule has 1 aromatic carbocycles. The summed E-state index contributed by atoms with van der Waals surface area (Å²) in [6.07, 6.45) is 2.05. The van der Waals surface area contributed by atoms with Crippen molar-refractivity contribution in [1.82, 2.24) is 4.90 Å². The van der Waals surface area contributed by atoms with E-state index in [0.29, 0.717) is 11.6 Å². The Balaban J connectivity index is 2.64. The van der Waals surface area contributed by atoms with Crippen molar-refractivity contribution in [3.63, 3.8) is 0 Å². The normalized spacial score (nSPS) is 10.8. The molecule has 0 aliphatic rings. The quantitative estimate of drug-likeness (QED) is 0.814. The van der Waals surface area contributed by atoms with Gasteiger partial charge in [-0.15, -0.1) is 0 Å². The van der Waals surface area contributed by atoms with Gasteiger partial charge in [0, 0.05) is 11.6 Å². The molecular weight excluding hydrogens is 238 g/mol.